The number of hydrogen-bond acceptors (Lipinski definition) is 13. The van der Waals surface area contributed by atoms with Crippen LogP contribution in [0.1, 0.15) is 86.9 Å². The quantitative estimate of drug-likeness (QED) is 0.112. The highest BCUT2D eigenvalue weighted by Gasteiger charge is 2.35. The standard InChI is InChI=1S/C40H49FN2O12/c1-23-19-32(52-22-49-8)24(2)25(3)33(23)37(45)42-28-20-43(55-39(47)54-40(4,5)6)18-10-11-29(28)53-38(46)27-14-12-26(13-15-27)36(44)34-30(51-21-48-7)16-17-31(50-9)35(34)41/h12-17,19,28-29H,10-11,18,20-22H2,1-9H3,(H,42,45)/t28-,29-/m1/s1. The van der Waals surface area contributed by atoms with E-state index in [-0.39, 0.29) is 54.9 Å². The second kappa shape index (κ2) is 18.9. The van der Waals surface area contributed by atoms with Crippen molar-refractivity contribution < 1.29 is 61.6 Å². The number of nitrogens with zero attached hydrogens (tertiary/aromatic N) is 1. The smallest absolute Gasteiger partial charge is 0.494 e. The molecule has 0 radical (unpaired) electrons. The van der Waals surface area contributed by atoms with E-state index in [0.717, 1.165) is 5.56 Å². The van der Waals surface area contributed by atoms with E-state index in [9.17, 15) is 19.2 Å². The molecule has 0 bridgehead atoms. The van der Waals surface area contributed by atoms with Crippen LogP contribution in [0.5, 0.6) is 17.2 Å². The zero-order valence-electron chi connectivity index (χ0n) is 32.7. The van der Waals surface area contributed by atoms with E-state index in [1.54, 1.807) is 33.8 Å². The number of carbonyl (C=O) groups excluding carboxylic acids is 4. The number of amides is 1. The summed E-state index contributed by atoms with van der Waals surface area (Å²) in [6.45, 7) is 10.6. The average molecular weight is 769 g/mol. The molecular weight excluding hydrogens is 719 g/mol. The van der Waals surface area contributed by atoms with Crippen LogP contribution < -0.4 is 19.5 Å². The van der Waals surface area contributed by atoms with Gasteiger partial charge in [-0.25, -0.2) is 14.0 Å². The number of aryl methyl sites for hydroxylation is 1. The number of ether oxygens (including phenoxy) is 7. The van der Waals surface area contributed by atoms with Gasteiger partial charge in [0, 0.05) is 31.9 Å². The Hall–Kier alpha value is -5.25. The number of methoxy groups -OCH3 is 3. The minimum absolute atomic E-state index is 0.0257. The van der Waals surface area contributed by atoms with Crippen molar-refractivity contribution >= 4 is 23.8 Å². The van der Waals surface area contributed by atoms with Gasteiger partial charge in [0.2, 0.25) is 0 Å². The molecule has 3 aromatic carbocycles. The van der Waals surface area contributed by atoms with Gasteiger partial charge >= 0.3 is 12.1 Å². The minimum atomic E-state index is -0.914. The highest BCUT2D eigenvalue weighted by molar-refractivity contribution is 6.11. The third-order valence-electron chi connectivity index (χ3n) is 8.75. The third-order valence-corrected chi connectivity index (χ3v) is 8.75. The molecule has 0 saturated carbocycles. The number of nitrogens with one attached hydrogen (secondary N) is 1. The molecule has 14 nitrogen and oxygen atoms in total. The first-order valence-electron chi connectivity index (χ1n) is 17.6. The fraction of sp³-hybridized carbons (Fsp3) is 0.450. The van der Waals surface area contributed by atoms with E-state index < -0.39 is 47.4 Å². The van der Waals surface area contributed by atoms with Gasteiger partial charge in [-0.2, -0.15) is 0 Å². The maximum Gasteiger partial charge on any atom is 0.528 e. The molecule has 1 fully saturated rings. The van der Waals surface area contributed by atoms with Gasteiger partial charge in [-0.05, 0) is 101 Å². The predicted molar refractivity (Wildman–Crippen MR) is 197 cm³/mol. The molecule has 4 rings (SSSR count). The first-order valence-corrected chi connectivity index (χ1v) is 17.6. The van der Waals surface area contributed by atoms with Crippen LogP contribution in [-0.4, -0.2) is 94.6 Å². The number of rotatable bonds is 14. The molecule has 0 unspecified atom stereocenters. The van der Waals surface area contributed by atoms with Crippen molar-refractivity contribution in [2.45, 2.75) is 72.1 Å². The summed E-state index contributed by atoms with van der Waals surface area (Å²) in [4.78, 5) is 59.2. The first-order chi connectivity index (χ1) is 26.1. The summed E-state index contributed by atoms with van der Waals surface area (Å²) in [5.74, 6) is -2.40. The van der Waals surface area contributed by atoms with Gasteiger partial charge in [0.05, 0.1) is 25.3 Å². The number of halogens is 1. The SMILES string of the molecule is COCOc1cc(C)c(C(=O)N[C@@H]2CN(OC(=O)OC(C)(C)C)CCC[C@H]2OC(=O)c2ccc(C(=O)c3c(OCOC)ccc(OC)c3F)cc2)c(C)c1C. The van der Waals surface area contributed by atoms with Crippen molar-refractivity contribution in [3.8, 4) is 17.2 Å². The Labute approximate surface area is 320 Å². The Morgan fingerprint density at radius 3 is 2.07 bits per heavy atom. The molecule has 55 heavy (non-hydrogen) atoms. The molecule has 0 aromatic heterocycles. The summed E-state index contributed by atoms with van der Waals surface area (Å²) in [5.41, 5.74) is 1.51. The van der Waals surface area contributed by atoms with Crippen LogP contribution in [-0.2, 0) is 23.8 Å². The second-order valence-electron chi connectivity index (χ2n) is 13.9. The number of benzene rings is 3. The molecule has 1 N–H and O–H groups in total. The summed E-state index contributed by atoms with van der Waals surface area (Å²) in [7, 11) is 4.18. The largest absolute Gasteiger partial charge is 0.528 e. The Morgan fingerprint density at radius 2 is 1.45 bits per heavy atom. The lowest BCUT2D eigenvalue weighted by Gasteiger charge is -2.29. The van der Waals surface area contributed by atoms with Crippen LogP contribution in [0.2, 0.25) is 0 Å². The van der Waals surface area contributed by atoms with Crippen LogP contribution in [0.3, 0.4) is 0 Å². The fourth-order valence-corrected chi connectivity index (χ4v) is 6.00. The molecule has 1 amide bonds. The zero-order chi connectivity index (χ0) is 40.4. The monoisotopic (exact) mass is 768 g/mol. The van der Waals surface area contributed by atoms with E-state index in [1.807, 2.05) is 13.8 Å². The second-order valence-corrected chi connectivity index (χ2v) is 13.9. The maximum absolute atomic E-state index is 15.3. The molecule has 2 atom stereocenters. The van der Waals surface area contributed by atoms with Crippen LogP contribution in [0.25, 0.3) is 0 Å². The number of hydroxylamine groups is 2. The summed E-state index contributed by atoms with van der Waals surface area (Å²) >= 11 is 0. The van der Waals surface area contributed by atoms with Gasteiger partial charge in [0.25, 0.3) is 5.91 Å². The number of ketones is 1. The van der Waals surface area contributed by atoms with Crippen molar-refractivity contribution in [2.24, 2.45) is 0 Å². The summed E-state index contributed by atoms with van der Waals surface area (Å²) < 4.78 is 52.8. The topological polar surface area (TPSA) is 157 Å². The Balaban J connectivity index is 1.59. The van der Waals surface area contributed by atoms with Crippen molar-refractivity contribution in [1.82, 2.24) is 10.4 Å². The normalized spacial score (nSPS) is 16.0. The summed E-state index contributed by atoms with van der Waals surface area (Å²) in [6, 6.07) is 9.15. The first kappa shape index (κ1) is 42.5. The molecule has 1 heterocycles. The van der Waals surface area contributed by atoms with Gasteiger partial charge in [-0.15, -0.1) is 5.06 Å². The van der Waals surface area contributed by atoms with Crippen molar-refractivity contribution in [3.63, 3.8) is 0 Å². The Kier molecular flexibility index (Phi) is 14.6. The van der Waals surface area contributed by atoms with Gasteiger partial charge in [0.15, 0.2) is 30.9 Å². The van der Waals surface area contributed by atoms with Gasteiger partial charge in [-0.1, -0.05) is 12.1 Å². The molecule has 298 valence electrons. The molecule has 1 aliphatic rings. The molecule has 0 spiro atoms. The number of esters is 1. The van der Waals surface area contributed by atoms with Crippen molar-refractivity contribution in [1.29, 1.82) is 0 Å². The minimum Gasteiger partial charge on any atom is -0.494 e. The van der Waals surface area contributed by atoms with E-state index in [1.165, 1.54) is 62.8 Å². The van der Waals surface area contributed by atoms with Crippen LogP contribution in [0, 0.1) is 26.6 Å². The fourth-order valence-electron chi connectivity index (χ4n) is 6.00. The lowest BCUT2D eigenvalue weighted by molar-refractivity contribution is -0.144. The van der Waals surface area contributed by atoms with Crippen molar-refractivity contribution in [3.05, 3.63) is 87.2 Å². The van der Waals surface area contributed by atoms with E-state index in [2.05, 4.69) is 5.32 Å². The van der Waals surface area contributed by atoms with Gasteiger partial charge < -0.3 is 43.3 Å². The summed E-state index contributed by atoms with van der Waals surface area (Å²) in [5, 5.41) is 4.39. The zero-order valence-corrected chi connectivity index (χ0v) is 32.7. The maximum atomic E-state index is 15.3. The van der Waals surface area contributed by atoms with Crippen LogP contribution >= 0.6 is 0 Å². The van der Waals surface area contributed by atoms with Crippen LogP contribution in [0.15, 0.2) is 42.5 Å². The number of hydrogen-bond donors (Lipinski definition) is 1. The molecular formula is C40H49FN2O12. The Morgan fingerprint density at radius 1 is 0.836 bits per heavy atom. The third kappa shape index (κ3) is 10.9. The molecule has 1 aliphatic heterocycles. The molecule has 15 heteroatoms. The van der Waals surface area contributed by atoms with E-state index >= 15 is 4.39 Å². The highest BCUT2D eigenvalue weighted by Crippen LogP contribution is 2.32. The van der Waals surface area contributed by atoms with Gasteiger partial charge in [0.1, 0.15) is 28.8 Å². The highest BCUT2D eigenvalue weighted by atomic mass is 19.1. The Bertz CT molecular complexity index is 1860. The predicted octanol–water partition coefficient (Wildman–Crippen LogP) is 6.24. The lowest BCUT2D eigenvalue weighted by Crippen LogP contribution is -2.50. The van der Waals surface area contributed by atoms with Crippen molar-refractivity contribution in [2.75, 3.05) is 48.0 Å². The average Bonchev–Trinajstić information content (AvgIpc) is 3.31. The van der Waals surface area contributed by atoms with Crippen LogP contribution in [0.4, 0.5) is 9.18 Å². The summed E-state index contributed by atoms with van der Waals surface area (Å²) in [6.07, 6.45) is -1.03. The van der Waals surface area contributed by atoms with Gasteiger partial charge in [-0.3, -0.25) is 9.59 Å². The molecule has 1 saturated heterocycles. The van der Waals surface area contributed by atoms with E-state index in [4.69, 9.17) is 38.0 Å². The molecule has 3 aromatic rings. The number of carbonyl (C=O) groups is 4. The lowest BCUT2D eigenvalue weighted by atomic mass is 9.96. The van der Waals surface area contributed by atoms with E-state index in [0.29, 0.717) is 35.3 Å². The molecule has 0 aliphatic carbocycles.